The van der Waals surface area contributed by atoms with Gasteiger partial charge in [0.1, 0.15) is 6.07 Å². The summed E-state index contributed by atoms with van der Waals surface area (Å²) in [6.45, 7) is 6.11. The standard InChI is InChI=1S/C14H20N2/c1-12(16-14(2,3)11-15)9-10-13-7-5-4-6-8-13/h4-8,12,16H,9-10H2,1-3H3/p+1/t12-/m1/s1. The van der Waals surface area contributed by atoms with Gasteiger partial charge in [-0.3, -0.25) is 0 Å². The molecule has 0 heterocycles. The first-order chi connectivity index (χ1) is 7.53. The Morgan fingerprint density at radius 3 is 2.50 bits per heavy atom. The van der Waals surface area contributed by atoms with Gasteiger partial charge in [-0.15, -0.1) is 0 Å². The third kappa shape index (κ3) is 4.46. The fraction of sp³-hybridized carbons (Fsp3) is 0.500. The number of hydrogen-bond donors (Lipinski definition) is 1. The van der Waals surface area contributed by atoms with E-state index >= 15 is 0 Å². The van der Waals surface area contributed by atoms with E-state index in [4.69, 9.17) is 5.26 Å². The highest BCUT2D eigenvalue weighted by Gasteiger charge is 2.22. The normalized spacial score (nSPS) is 13.1. The molecule has 2 heteroatoms. The number of nitriles is 1. The SMILES string of the molecule is C[C@H](CCc1ccccc1)[NH2+]C(C)(C)C#N. The highest BCUT2D eigenvalue weighted by Crippen LogP contribution is 2.03. The van der Waals surface area contributed by atoms with E-state index < -0.39 is 0 Å². The van der Waals surface area contributed by atoms with Gasteiger partial charge in [-0.1, -0.05) is 30.3 Å². The molecule has 2 N–H and O–H groups in total. The first-order valence-electron chi connectivity index (χ1n) is 5.85. The molecule has 0 unspecified atom stereocenters. The molecule has 0 amide bonds. The Balaban J connectivity index is 2.37. The monoisotopic (exact) mass is 217 g/mol. The highest BCUT2D eigenvalue weighted by atomic mass is 15.0. The molecule has 0 aliphatic rings. The maximum Gasteiger partial charge on any atom is 0.177 e. The van der Waals surface area contributed by atoms with Crippen LogP contribution in [-0.2, 0) is 6.42 Å². The molecule has 0 fully saturated rings. The molecule has 0 radical (unpaired) electrons. The number of nitrogens with zero attached hydrogens (tertiary/aromatic N) is 1. The lowest BCUT2D eigenvalue weighted by Crippen LogP contribution is -2.98. The van der Waals surface area contributed by atoms with Gasteiger partial charge >= 0.3 is 0 Å². The van der Waals surface area contributed by atoms with E-state index in [9.17, 15) is 0 Å². The lowest BCUT2D eigenvalue weighted by Gasteiger charge is -2.19. The quantitative estimate of drug-likeness (QED) is 0.803. The molecule has 1 aromatic rings. The summed E-state index contributed by atoms with van der Waals surface area (Å²) in [7, 11) is 0. The van der Waals surface area contributed by atoms with Crippen molar-refractivity contribution in [3.63, 3.8) is 0 Å². The lowest BCUT2D eigenvalue weighted by molar-refractivity contribution is -0.735. The van der Waals surface area contributed by atoms with Crippen LogP contribution in [0.3, 0.4) is 0 Å². The summed E-state index contributed by atoms with van der Waals surface area (Å²) < 4.78 is 0. The van der Waals surface area contributed by atoms with E-state index in [0.29, 0.717) is 6.04 Å². The number of rotatable bonds is 5. The first kappa shape index (κ1) is 12.7. The fourth-order valence-corrected chi connectivity index (χ4v) is 1.87. The molecule has 0 bridgehead atoms. The van der Waals surface area contributed by atoms with E-state index in [1.54, 1.807) is 0 Å². The van der Waals surface area contributed by atoms with Crippen molar-refractivity contribution in [2.45, 2.75) is 45.2 Å². The van der Waals surface area contributed by atoms with Crippen LogP contribution in [-0.4, -0.2) is 11.6 Å². The minimum absolute atomic E-state index is 0.309. The molecule has 86 valence electrons. The minimum Gasteiger partial charge on any atom is -0.328 e. The topological polar surface area (TPSA) is 40.4 Å². The van der Waals surface area contributed by atoms with Crippen LogP contribution >= 0.6 is 0 Å². The lowest BCUT2D eigenvalue weighted by atomic mass is 10.0. The number of quaternary nitrogens is 1. The molecule has 2 nitrogen and oxygen atoms in total. The molecule has 1 aromatic carbocycles. The molecule has 1 atom stereocenters. The maximum absolute atomic E-state index is 8.95. The van der Waals surface area contributed by atoms with E-state index in [2.05, 4.69) is 42.6 Å². The summed E-state index contributed by atoms with van der Waals surface area (Å²) in [4.78, 5) is 0. The van der Waals surface area contributed by atoms with Crippen molar-refractivity contribution in [2.75, 3.05) is 0 Å². The van der Waals surface area contributed by atoms with Crippen molar-refractivity contribution in [2.24, 2.45) is 0 Å². The molecule has 0 saturated carbocycles. The summed E-state index contributed by atoms with van der Waals surface area (Å²) in [5.41, 5.74) is 1.06. The second-order valence-corrected chi connectivity index (χ2v) is 5.00. The van der Waals surface area contributed by atoms with Crippen molar-refractivity contribution in [1.29, 1.82) is 5.26 Å². The number of aryl methyl sites for hydroxylation is 1. The van der Waals surface area contributed by atoms with E-state index in [0.717, 1.165) is 12.8 Å². The summed E-state index contributed by atoms with van der Waals surface area (Å²) in [6, 6.07) is 13.3. The Labute approximate surface area is 98.3 Å². The van der Waals surface area contributed by atoms with Gasteiger partial charge in [0.2, 0.25) is 0 Å². The second-order valence-electron chi connectivity index (χ2n) is 5.00. The van der Waals surface area contributed by atoms with Gasteiger partial charge in [0.25, 0.3) is 0 Å². The van der Waals surface area contributed by atoms with E-state index in [-0.39, 0.29) is 5.54 Å². The molecule has 0 spiro atoms. The predicted octanol–water partition coefficient (Wildman–Crippen LogP) is 1.87. The van der Waals surface area contributed by atoms with Crippen LogP contribution in [0.5, 0.6) is 0 Å². The van der Waals surface area contributed by atoms with Crippen molar-refractivity contribution in [3.05, 3.63) is 35.9 Å². The first-order valence-corrected chi connectivity index (χ1v) is 5.85. The number of nitrogens with two attached hydrogens (primary N) is 1. The molecule has 16 heavy (non-hydrogen) atoms. The fourth-order valence-electron chi connectivity index (χ4n) is 1.87. The van der Waals surface area contributed by atoms with Crippen molar-refractivity contribution >= 4 is 0 Å². The van der Waals surface area contributed by atoms with Gasteiger partial charge in [0, 0.05) is 20.3 Å². The van der Waals surface area contributed by atoms with Crippen molar-refractivity contribution in [3.8, 4) is 6.07 Å². The third-order valence-electron chi connectivity index (χ3n) is 2.72. The van der Waals surface area contributed by atoms with Crippen LogP contribution < -0.4 is 5.32 Å². The van der Waals surface area contributed by atoms with Crippen LogP contribution in [0.15, 0.2) is 30.3 Å². The molecule has 0 saturated heterocycles. The van der Waals surface area contributed by atoms with E-state index in [1.807, 2.05) is 19.9 Å². The zero-order valence-electron chi connectivity index (χ0n) is 10.4. The Hall–Kier alpha value is -1.33. The molecule has 0 aliphatic heterocycles. The Morgan fingerprint density at radius 1 is 1.31 bits per heavy atom. The molecule has 1 rings (SSSR count). The van der Waals surface area contributed by atoms with Gasteiger partial charge < -0.3 is 5.32 Å². The van der Waals surface area contributed by atoms with Gasteiger partial charge in [-0.25, -0.2) is 0 Å². The largest absolute Gasteiger partial charge is 0.328 e. The predicted molar refractivity (Wildman–Crippen MR) is 65.8 cm³/mol. The molecular weight excluding hydrogens is 196 g/mol. The highest BCUT2D eigenvalue weighted by molar-refractivity contribution is 5.14. The van der Waals surface area contributed by atoms with Crippen molar-refractivity contribution in [1.82, 2.24) is 0 Å². The number of benzene rings is 1. The summed E-state index contributed by atoms with van der Waals surface area (Å²) in [6.07, 6.45) is 2.19. The Morgan fingerprint density at radius 2 is 1.94 bits per heavy atom. The minimum atomic E-state index is -0.309. The van der Waals surface area contributed by atoms with Crippen LogP contribution in [0.25, 0.3) is 0 Å². The smallest absolute Gasteiger partial charge is 0.177 e. The van der Waals surface area contributed by atoms with Crippen LogP contribution in [0.2, 0.25) is 0 Å². The third-order valence-corrected chi connectivity index (χ3v) is 2.72. The zero-order valence-corrected chi connectivity index (χ0v) is 10.4. The maximum atomic E-state index is 8.95. The van der Waals surface area contributed by atoms with Crippen LogP contribution in [0.4, 0.5) is 0 Å². The van der Waals surface area contributed by atoms with Crippen LogP contribution in [0.1, 0.15) is 32.8 Å². The van der Waals surface area contributed by atoms with Gasteiger partial charge in [-0.2, -0.15) is 5.26 Å². The molecule has 0 aliphatic carbocycles. The number of hydrogen-bond acceptors (Lipinski definition) is 1. The van der Waals surface area contributed by atoms with Crippen LogP contribution in [0, 0.1) is 11.3 Å². The summed E-state index contributed by atoms with van der Waals surface area (Å²) in [5.74, 6) is 0. The van der Waals surface area contributed by atoms with Gasteiger partial charge in [0.15, 0.2) is 5.54 Å². The van der Waals surface area contributed by atoms with Gasteiger partial charge in [-0.05, 0) is 18.9 Å². The average Bonchev–Trinajstić information content (AvgIpc) is 2.27. The Kier molecular flexibility index (Phi) is 4.52. The molecular formula is C14H21N2+. The second kappa shape index (κ2) is 5.67. The summed E-state index contributed by atoms with van der Waals surface area (Å²) >= 11 is 0. The summed E-state index contributed by atoms with van der Waals surface area (Å²) in [5, 5.41) is 11.1. The van der Waals surface area contributed by atoms with E-state index in [1.165, 1.54) is 5.56 Å². The zero-order chi connectivity index (χ0) is 12.0. The Bertz CT molecular complexity index is 349. The van der Waals surface area contributed by atoms with Crippen molar-refractivity contribution < 1.29 is 5.32 Å². The molecule has 0 aromatic heterocycles. The average molecular weight is 217 g/mol. The van der Waals surface area contributed by atoms with Gasteiger partial charge in [0.05, 0.1) is 6.04 Å².